The van der Waals surface area contributed by atoms with Crippen LogP contribution in [0.5, 0.6) is 11.5 Å². The molecule has 2 aromatic carbocycles. The molecule has 0 bridgehead atoms. The van der Waals surface area contributed by atoms with E-state index in [2.05, 4.69) is 0 Å². The molecule has 0 saturated heterocycles. The summed E-state index contributed by atoms with van der Waals surface area (Å²) in [5.74, 6) is -0.403. The summed E-state index contributed by atoms with van der Waals surface area (Å²) in [6.07, 6.45) is 2.46. The lowest BCUT2D eigenvalue weighted by Gasteiger charge is -2.09. The van der Waals surface area contributed by atoms with E-state index in [4.69, 9.17) is 14.2 Å². The number of nitrogens with zero attached hydrogens (tertiary/aromatic N) is 1. The van der Waals surface area contributed by atoms with Gasteiger partial charge >= 0.3 is 5.97 Å². The maximum atomic E-state index is 12.3. The molecule has 0 aromatic heterocycles. The van der Waals surface area contributed by atoms with Crippen LogP contribution in [0, 0.1) is 10.1 Å². The first-order valence-electron chi connectivity index (χ1n) is 7.79. The Hall–Kier alpha value is -3.68. The van der Waals surface area contributed by atoms with Gasteiger partial charge in [0, 0.05) is 18.2 Å². The third-order valence-electron chi connectivity index (χ3n) is 3.55. The fraction of sp³-hybridized carbons (Fsp3) is 0.158. The molecule has 2 aromatic rings. The minimum atomic E-state index is -0.753. The Balaban J connectivity index is 2.00. The Kier molecular flexibility index (Phi) is 6.65. The molecule has 2 rings (SSSR count). The van der Waals surface area contributed by atoms with Crippen molar-refractivity contribution >= 4 is 23.5 Å². The van der Waals surface area contributed by atoms with Gasteiger partial charge in [0.15, 0.2) is 6.61 Å². The maximum absolute atomic E-state index is 12.3. The van der Waals surface area contributed by atoms with Crippen molar-refractivity contribution in [2.45, 2.75) is 0 Å². The van der Waals surface area contributed by atoms with Crippen molar-refractivity contribution in [1.29, 1.82) is 0 Å². The van der Waals surface area contributed by atoms with Gasteiger partial charge in [-0.3, -0.25) is 14.9 Å². The van der Waals surface area contributed by atoms with Crippen LogP contribution in [-0.4, -0.2) is 37.5 Å². The van der Waals surface area contributed by atoms with Crippen LogP contribution in [-0.2, 0) is 9.53 Å². The van der Waals surface area contributed by atoms with Gasteiger partial charge in [0.25, 0.3) is 5.69 Å². The highest BCUT2D eigenvalue weighted by Crippen LogP contribution is 2.24. The Morgan fingerprint density at radius 2 is 1.89 bits per heavy atom. The van der Waals surface area contributed by atoms with Crippen LogP contribution in [0.4, 0.5) is 5.69 Å². The van der Waals surface area contributed by atoms with Crippen LogP contribution in [0.3, 0.4) is 0 Å². The first-order chi connectivity index (χ1) is 12.9. The van der Waals surface area contributed by atoms with Crippen molar-refractivity contribution < 1.29 is 28.7 Å². The standard InChI is InChI=1S/C19H17NO7/c1-25-15-7-8-18(26-2)16(11-15)17(21)12-27-19(22)9-6-13-4-3-5-14(10-13)20(23)24/h3-11H,12H2,1-2H3/b9-6+. The number of carbonyl (C=O) groups is 2. The number of hydrogen-bond donors (Lipinski definition) is 0. The van der Waals surface area contributed by atoms with E-state index in [-0.39, 0.29) is 11.3 Å². The normalized spacial score (nSPS) is 10.4. The predicted molar refractivity (Wildman–Crippen MR) is 97.0 cm³/mol. The molecule has 0 aliphatic heterocycles. The van der Waals surface area contributed by atoms with Crippen molar-refractivity contribution in [3.05, 3.63) is 69.8 Å². The highest BCUT2D eigenvalue weighted by molar-refractivity contribution is 6.01. The molecular weight excluding hydrogens is 354 g/mol. The smallest absolute Gasteiger partial charge is 0.331 e. The summed E-state index contributed by atoms with van der Waals surface area (Å²) in [5, 5.41) is 10.7. The summed E-state index contributed by atoms with van der Waals surface area (Å²) in [6, 6.07) is 10.5. The SMILES string of the molecule is COc1ccc(OC)c(C(=O)COC(=O)/C=C/c2cccc([N+](=O)[O-])c2)c1. The minimum absolute atomic E-state index is 0.0918. The predicted octanol–water partition coefficient (Wildman–Crippen LogP) is 3.05. The van der Waals surface area contributed by atoms with Crippen molar-refractivity contribution in [1.82, 2.24) is 0 Å². The van der Waals surface area contributed by atoms with E-state index < -0.39 is 23.3 Å². The lowest BCUT2D eigenvalue weighted by Crippen LogP contribution is -2.13. The number of Topliss-reactive ketones (excluding diaryl/α,β-unsaturated/α-hetero) is 1. The van der Waals surface area contributed by atoms with Crippen molar-refractivity contribution in [2.75, 3.05) is 20.8 Å². The lowest BCUT2D eigenvalue weighted by molar-refractivity contribution is -0.384. The van der Waals surface area contributed by atoms with Gasteiger partial charge in [-0.15, -0.1) is 0 Å². The molecule has 0 unspecified atom stereocenters. The molecule has 0 saturated carbocycles. The van der Waals surface area contributed by atoms with Crippen LogP contribution >= 0.6 is 0 Å². The number of methoxy groups -OCH3 is 2. The monoisotopic (exact) mass is 371 g/mol. The van der Waals surface area contributed by atoms with Gasteiger partial charge in [-0.05, 0) is 29.8 Å². The number of nitro groups is 1. The first-order valence-corrected chi connectivity index (χ1v) is 7.79. The van der Waals surface area contributed by atoms with Crippen molar-refractivity contribution in [2.24, 2.45) is 0 Å². The highest BCUT2D eigenvalue weighted by Gasteiger charge is 2.15. The third kappa shape index (κ3) is 5.40. The molecular formula is C19H17NO7. The topological polar surface area (TPSA) is 105 Å². The van der Waals surface area contributed by atoms with E-state index in [0.29, 0.717) is 17.1 Å². The van der Waals surface area contributed by atoms with E-state index in [1.165, 1.54) is 44.6 Å². The van der Waals surface area contributed by atoms with Crippen LogP contribution < -0.4 is 9.47 Å². The first kappa shape index (κ1) is 19.6. The maximum Gasteiger partial charge on any atom is 0.331 e. The van der Waals surface area contributed by atoms with Crippen LogP contribution in [0.2, 0.25) is 0 Å². The molecule has 0 spiro atoms. The second-order valence-electron chi connectivity index (χ2n) is 5.28. The second kappa shape index (κ2) is 9.14. The highest BCUT2D eigenvalue weighted by atomic mass is 16.6. The number of non-ortho nitro benzene ring substituents is 1. The molecule has 0 radical (unpaired) electrons. The van der Waals surface area contributed by atoms with Gasteiger partial charge in [-0.2, -0.15) is 0 Å². The zero-order valence-corrected chi connectivity index (χ0v) is 14.7. The zero-order valence-electron chi connectivity index (χ0n) is 14.7. The summed E-state index contributed by atoms with van der Waals surface area (Å²) < 4.78 is 15.1. The summed E-state index contributed by atoms with van der Waals surface area (Å²) in [4.78, 5) is 34.3. The zero-order chi connectivity index (χ0) is 19.8. The van der Waals surface area contributed by atoms with Gasteiger partial charge < -0.3 is 14.2 Å². The van der Waals surface area contributed by atoms with Gasteiger partial charge in [0.1, 0.15) is 11.5 Å². The van der Waals surface area contributed by atoms with E-state index in [1.54, 1.807) is 18.2 Å². The van der Waals surface area contributed by atoms with Crippen LogP contribution in [0.25, 0.3) is 6.08 Å². The summed E-state index contributed by atoms with van der Waals surface area (Å²) in [5.41, 5.74) is 0.597. The number of nitro benzene ring substituents is 1. The molecule has 0 heterocycles. The molecule has 0 fully saturated rings. The molecule has 8 nitrogen and oxygen atoms in total. The summed E-state index contributed by atoms with van der Waals surface area (Å²) in [7, 11) is 2.89. The van der Waals surface area contributed by atoms with E-state index in [0.717, 1.165) is 6.08 Å². The molecule has 0 aliphatic carbocycles. The van der Waals surface area contributed by atoms with Crippen LogP contribution in [0.15, 0.2) is 48.5 Å². The molecule has 140 valence electrons. The number of hydrogen-bond acceptors (Lipinski definition) is 7. The number of rotatable bonds is 8. The fourth-order valence-electron chi connectivity index (χ4n) is 2.20. The number of ketones is 1. The Morgan fingerprint density at radius 1 is 1.11 bits per heavy atom. The molecule has 27 heavy (non-hydrogen) atoms. The Bertz CT molecular complexity index is 889. The quantitative estimate of drug-likeness (QED) is 0.231. The molecule has 0 amide bonds. The average molecular weight is 371 g/mol. The third-order valence-corrected chi connectivity index (χ3v) is 3.55. The Morgan fingerprint density at radius 3 is 2.56 bits per heavy atom. The van der Waals surface area contributed by atoms with Crippen molar-refractivity contribution in [3.8, 4) is 11.5 Å². The molecule has 8 heteroatoms. The van der Waals surface area contributed by atoms with E-state index in [1.807, 2.05) is 0 Å². The largest absolute Gasteiger partial charge is 0.497 e. The lowest BCUT2D eigenvalue weighted by atomic mass is 10.1. The van der Waals surface area contributed by atoms with E-state index in [9.17, 15) is 19.7 Å². The molecule has 0 N–H and O–H groups in total. The summed E-state index contributed by atoms with van der Waals surface area (Å²) >= 11 is 0. The summed E-state index contributed by atoms with van der Waals surface area (Å²) in [6.45, 7) is -0.484. The number of benzene rings is 2. The molecule has 0 aliphatic rings. The number of ether oxygens (including phenoxy) is 3. The van der Waals surface area contributed by atoms with Gasteiger partial charge in [-0.25, -0.2) is 4.79 Å². The minimum Gasteiger partial charge on any atom is -0.497 e. The van der Waals surface area contributed by atoms with Gasteiger partial charge in [0.2, 0.25) is 5.78 Å². The van der Waals surface area contributed by atoms with Gasteiger partial charge in [-0.1, -0.05) is 12.1 Å². The molecule has 0 atom stereocenters. The number of carbonyl (C=O) groups excluding carboxylic acids is 2. The number of esters is 1. The Labute approximate surface area is 155 Å². The average Bonchev–Trinajstić information content (AvgIpc) is 2.70. The fourth-order valence-corrected chi connectivity index (χ4v) is 2.20. The van der Waals surface area contributed by atoms with Crippen LogP contribution in [0.1, 0.15) is 15.9 Å². The van der Waals surface area contributed by atoms with Crippen molar-refractivity contribution in [3.63, 3.8) is 0 Å². The van der Waals surface area contributed by atoms with E-state index >= 15 is 0 Å². The second-order valence-corrected chi connectivity index (χ2v) is 5.28. The van der Waals surface area contributed by atoms with Gasteiger partial charge in [0.05, 0.1) is 24.7 Å².